The Kier molecular flexibility index (Phi) is 6.72. The maximum atomic E-state index is 13.6. The zero-order valence-electron chi connectivity index (χ0n) is 21.5. The molecule has 2 amide bonds. The average Bonchev–Trinajstić information content (AvgIpc) is 3.54. The molecule has 196 valence electrons. The Labute approximate surface area is 231 Å². The second-order valence-corrected chi connectivity index (χ2v) is 11.7. The number of amides is 2. The van der Waals surface area contributed by atoms with Crippen LogP contribution in [-0.2, 0) is 17.6 Å². The Morgan fingerprint density at radius 1 is 1.08 bits per heavy atom. The highest BCUT2D eigenvalue weighted by Crippen LogP contribution is 2.40. The van der Waals surface area contributed by atoms with Crippen molar-refractivity contribution in [2.45, 2.75) is 19.8 Å². The van der Waals surface area contributed by atoms with Crippen LogP contribution in [0.4, 0.5) is 5.69 Å². The molecule has 0 bridgehead atoms. The van der Waals surface area contributed by atoms with Gasteiger partial charge in [0.2, 0.25) is 5.91 Å². The van der Waals surface area contributed by atoms with E-state index in [1.54, 1.807) is 17.4 Å². The minimum Gasteiger partial charge on any atom is -0.335 e. The number of thiophene rings is 1. The lowest BCUT2D eigenvalue weighted by Gasteiger charge is -2.32. The van der Waals surface area contributed by atoms with Crippen molar-refractivity contribution < 1.29 is 9.59 Å². The fourth-order valence-electron chi connectivity index (χ4n) is 5.48. The summed E-state index contributed by atoms with van der Waals surface area (Å²) in [6, 6.07) is 9.81. The SMILES string of the molecule is CC1C=C(Cl)C=CC1C(=O)Nc1ccc(-n2nc(C(=O)N3CCN(C)CC3)c3c2-c2ccsc2CC3)cc1. The second-order valence-electron chi connectivity index (χ2n) is 10.3. The van der Waals surface area contributed by atoms with Crippen molar-refractivity contribution in [3.63, 3.8) is 0 Å². The van der Waals surface area contributed by atoms with Crippen molar-refractivity contribution in [1.29, 1.82) is 0 Å². The van der Waals surface area contributed by atoms with Crippen molar-refractivity contribution in [1.82, 2.24) is 19.6 Å². The van der Waals surface area contributed by atoms with Gasteiger partial charge in [-0.3, -0.25) is 9.59 Å². The predicted octanol–water partition coefficient (Wildman–Crippen LogP) is 4.97. The molecule has 3 aromatic rings. The van der Waals surface area contributed by atoms with E-state index in [-0.39, 0.29) is 23.7 Å². The molecule has 1 aromatic carbocycles. The molecule has 2 aliphatic carbocycles. The van der Waals surface area contributed by atoms with Crippen LogP contribution in [0.15, 0.2) is 59.0 Å². The number of piperazine rings is 1. The Hall–Kier alpha value is -3.20. The predicted molar refractivity (Wildman–Crippen MR) is 152 cm³/mol. The number of halogens is 1. The first-order valence-electron chi connectivity index (χ1n) is 13.0. The molecule has 2 atom stereocenters. The summed E-state index contributed by atoms with van der Waals surface area (Å²) in [7, 11) is 2.09. The van der Waals surface area contributed by atoms with Gasteiger partial charge in [0.1, 0.15) is 0 Å². The Bertz CT molecular complexity index is 1450. The van der Waals surface area contributed by atoms with E-state index in [1.807, 2.05) is 52.9 Å². The molecule has 1 N–H and O–H groups in total. The van der Waals surface area contributed by atoms with E-state index in [4.69, 9.17) is 16.7 Å². The van der Waals surface area contributed by atoms with Crippen LogP contribution in [0.25, 0.3) is 16.9 Å². The molecule has 1 fully saturated rings. The Morgan fingerprint density at radius 3 is 2.58 bits per heavy atom. The van der Waals surface area contributed by atoms with Crippen molar-refractivity contribution in [2.24, 2.45) is 11.8 Å². The van der Waals surface area contributed by atoms with Crippen molar-refractivity contribution in [2.75, 3.05) is 38.5 Å². The van der Waals surface area contributed by atoms with Gasteiger partial charge >= 0.3 is 0 Å². The molecule has 0 saturated carbocycles. The number of aryl methyl sites for hydroxylation is 1. The summed E-state index contributed by atoms with van der Waals surface area (Å²) >= 11 is 7.83. The summed E-state index contributed by atoms with van der Waals surface area (Å²) in [5, 5.41) is 10.7. The minimum absolute atomic E-state index is 0.0134. The molecular weight excluding hydrogens is 518 g/mol. The molecule has 3 heterocycles. The molecule has 3 aliphatic rings. The zero-order valence-corrected chi connectivity index (χ0v) is 23.1. The second kappa shape index (κ2) is 10.2. The molecule has 6 rings (SSSR count). The van der Waals surface area contributed by atoms with Gasteiger partial charge < -0.3 is 15.1 Å². The molecular formula is C29H30ClN5O2S. The number of hydrogen-bond acceptors (Lipinski definition) is 5. The third-order valence-corrected chi connectivity index (χ3v) is 8.95. The van der Waals surface area contributed by atoms with Crippen LogP contribution in [0.3, 0.4) is 0 Å². The van der Waals surface area contributed by atoms with Gasteiger partial charge in [0.05, 0.1) is 17.3 Å². The number of carbonyl (C=O) groups is 2. The van der Waals surface area contributed by atoms with E-state index >= 15 is 0 Å². The zero-order chi connectivity index (χ0) is 26.4. The van der Waals surface area contributed by atoms with E-state index < -0.39 is 0 Å². The Morgan fingerprint density at radius 2 is 1.84 bits per heavy atom. The summed E-state index contributed by atoms with van der Waals surface area (Å²) < 4.78 is 1.91. The number of fused-ring (bicyclic) bond motifs is 3. The molecule has 0 spiro atoms. The third-order valence-electron chi connectivity index (χ3n) is 7.71. The molecule has 9 heteroatoms. The fourth-order valence-corrected chi connectivity index (χ4v) is 6.64. The maximum Gasteiger partial charge on any atom is 0.274 e. The van der Waals surface area contributed by atoms with Crippen LogP contribution in [0.2, 0.25) is 0 Å². The highest BCUT2D eigenvalue weighted by molar-refractivity contribution is 7.10. The number of allylic oxidation sites excluding steroid dienone is 3. The smallest absolute Gasteiger partial charge is 0.274 e. The van der Waals surface area contributed by atoms with Crippen LogP contribution in [-0.4, -0.2) is 64.6 Å². The van der Waals surface area contributed by atoms with Gasteiger partial charge in [-0.15, -0.1) is 11.3 Å². The Balaban J connectivity index is 1.30. The standard InChI is InChI=1S/C29H30ClN5O2S/c1-18-17-19(30)3-8-22(18)28(36)31-20-4-6-21(7-5-20)35-27-23-11-16-38-25(23)10-9-24(27)26(32-35)29(37)34-14-12-33(2)13-15-34/h3-8,11,16-18,22H,9-10,12-15H2,1-2H3,(H,31,36). The van der Waals surface area contributed by atoms with Crippen LogP contribution in [0.1, 0.15) is 27.9 Å². The number of anilines is 1. The summed E-state index contributed by atoms with van der Waals surface area (Å²) in [5.41, 5.74) is 5.32. The molecule has 7 nitrogen and oxygen atoms in total. The van der Waals surface area contributed by atoms with Crippen molar-refractivity contribution >= 4 is 40.4 Å². The van der Waals surface area contributed by atoms with Gasteiger partial charge in [-0.25, -0.2) is 4.68 Å². The number of likely N-dealkylation sites (N-methyl/N-ethyl adjacent to an activating group) is 1. The highest BCUT2D eigenvalue weighted by Gasteiger charge is 2.32. The van der Waals surface area contributed by atoms with Crippen LogP contribution < -0.4 is 5.32 Å². The number of carbonyl (C=O) groups excluding carboxylic acids is 2. The van der Waals surface area contributed by atoms with Gasteiger partial charge in [-0.1, -0.05) is 30.7 Å². The average molecular weight is 548 g/mol. The topological polar surface area (TPSA) is 70.5 Å². The number of aromatic nitrogens is 2. The minimum atomic E-state index is -0.268. The first-order chi connectivity index (χ1) is 18.4. The van der Waals surface area contributed by atoms with Gasteiger partial charge in [-0.05, 0) is 67.6 Å². The number of rotatable bonds is 4. The van der Waals surface area contributed by atoms with E-state index in [1.165, 1.54) is 4.88 Å². The molecule has 1 saturated heterocycles. The van der Waals surface area contributed by atoms with Gasteiger partial charge in [0.15, 0.2) is 5.69 Å². The molecule has 2 unspecified atom stereocenters. The lowest BCUT2D eigenvalue weighted by Crippen LogP contribution is -2.47. The first-order valence-corrected chi connectivity index (χ1v) is 14.3. The molecule has 0 radical (unpaired) electrons. The quantitative estimate of drug-likeness (QED) is 0.500. The first kappa shape index (κ1) is 25.1. The van der Waals surface area contributed by atoms with E-state index in [9.17, 15) is 9.59 Å². The number of nitrogens with one attached hydrogen (secondary N) is 1. The fraction of sp³-hybridized carbons (Fsp3) is 0.345. The number of nitrogens with zero attached hydrogens (tertiary/aromatic N) is 4. The highest BCUT2D eigenvalue weighted by atomic mass is 35.5. The normalized spacial score (nSPS) is 21.0. The largest absolute Gasteiger partial charge is 0.335 e. The molecule has 38 heavy (non-hydrogen) atoms. The number of hydrogen-bond donors (Lipinski definition) is 1. The molecule has 1 aliphatic heterocycles. The van der Waals surface area contributed by atoms with Gasteiger partial charge in [0, 0.05) is 52.9 Å². The van der Waals surface area contributed by atoms with Crippen LogP contribution in [0.5, 0.6) is 0 Å². The van der Waals surface area contributed by atoms with Gasteiger partial charge in [0.25, 0.3) is 5.91 Å². The number of benzene rings is 1. The van der Waals surface area contributed by atoms with Crippen LogP contribution in [0, 0.1) is 11.8 Å². The third kappa shape index (κ3) is 4.61. The summed E-state index contributed by atoms with van der Waals surface area (Å²) in [6.07, 6.45) is 7.25. The summed E-state index contributed by atoms with van der Waals surface area (Å²) in [6.45, 7) is 5.15. The van der Waals surface area contributed by atoms with Gasteiger partial charge in [-0.2, -0.15) is 5.10 Å². The van der Waals surface area contributed by atoms with E-state index in [0.29, 0.717) is 29.5 Å². The monoisotopic (exact) mass is 547 g/mol. The van der Waals surface area contributed by atoms with E-state index in [0.717, 1.165) is 48.4 Å². The summed E-state index contributed by atoms with van der Waals surface area (Å²) in [5.74, 6) is -0.297. The molecule has 2 aromatic heterocycles. The van der Waals surface area contributed by atoms with Crippen molar-refractivity contribution in [3.05, 3.63) is 75.1 Å². The lowest BCUT2D eigenvalue weighted by molar-refractivity contribution is -0.119. The van der Waals surface area contributed by atoms with Crippen molar-refractivity contribution in [3.8, 4) is 16.9 Å². The maximum absolute atomic E-state index is 13.6. The summed E-state index contributed by atoms with van der Waals surface area (Å²) in [4.78, 5) is 32.0. The van der Waals surface area contributed by atoms with Crippen LogP contribution >= 0.6 is 22.9 Å². The van der Waals surface area contributed by atoms with E-state index in [2.05, 4.69) is 28.7 Å². The lowest BCUT2D eigenvalue weighted by atomic mass is 9.89.